The summed E-state index contributed by atoms with van der Waals surface area (Å²) in [5.74, 6) is 0.0870. The first-order valence-electron chi connectivity index (χ1n) is 4.86. The molecule has 0 spiro atoms. The molecule has 0 saturated heterocycles. The number of aryl methyl sites for hydroxylation is 1. The van der Waals surface area contributed by atoms with Gasteiger partial charge in [-0.2, -0.15) is 5.26 Å². The van der Waals surface area contributed by atoms with Gasteiger partial charge in [0.1, 0.15) is 11.6 Å². The molecule has 1 heterocycles. The van der Waals surface area contributed by atoms with Crippen LogP contribution in [-0.2, 0) is 20.9 Å². The summed E-state index contributed by atoms with van der Waals surface area (Å²) in [5.41, 5.74) is 1.38. The molecule has 0 aliphatic heterocycles. The third kappa shape index (κ3) is 3.00. The van der Waals surface area contributed by atoms with Crippen LogP contribution in [0.1, 0.15) is 16.8 Å². The Hall–Kier alpha value is -0.700. The highest BCUT2D eigenvalue weighted by Crippen LogP contribution is 2.49. The van der Waals surface area contributed by atoms with E-state index in [0.717, 1.165) is 0 Å². The van der Waals surface area contributed by atoms with E-state index in [4.69, 9.17) is 42.2 Å². The fourth-order valence-corrected chi connectivity index (χ4v) is 2.24. The number of hydrogen-bond acceptors (Lipinski definition) is 6. The SMILES string of the molecule is COP(=S)(OC)Oc1nc(C)c(Cl)c(C)c1C#N. The van der Waals surface area contributed by atoms with E-state index in [9.17, 15) is 0 Å². The van der Waals surface area contributed by atoms with Crippen molar-refractivity contribution in [2.45, 2.75) is 13.8 Å². The predicted octanol–water partition coefficient (Wildman–Crippen LogP) is 3.12. The second kappa shape index (κ2) is 5.96. The monoisotopic (exact) mass is 306 g/mol. The summed E-state index contributed by atoms with van der Waals surface area (Å²) in [4.78, 5) is 4.11. The predicted molar refractivity (Wildman–Crippen MR) is 72.4 cm³/mol. The van der Waals surface area contributed by atoms with E-state index in [0.29, 0.717) is 16.3 Å². The standard InChI is InChI=1S/C10H12ClN2O3PS/c1-6-8(5-12)10(13-7(2)9(6)11)16-17(18,14-3)15-4/h1-4H3. The van der Waals surface area contributed by atoms with E-state index >= 15 is 0 Å². The Morgan fingerprint density at radius 2 is 1.89 bits per heavy atom. The lowest BCUT2D eigenvalue weighted by Crippen LogP contribution is -2.03. The van der Waals surface area contributed by atoms with E-state index in [1.165, 1.54) is 14.2 Å². The highest BCUT2D eigenvalue weighted by molar-refractivity contribution is 8.07. The van der Waals surface area contributed by atoms with Crippen molar-refractivity contribution in [1.29, 1.82) is 5.26 Å². The van der Waals surface area contributed by atoms with Gasteiger partial charge in [0, 0.05) is 26.0 Å². The van der Waals surface area contributed by atoms with Gasteiger partial charge in [0.25, 0.3) is 0 Å². The van der Waals surface area contributed by atoms with Gasteiger partial charge in [-0.15, -0.1) is 0 Å². The van der Waals surface area contributed by atoms with Gasteiger partial charge >= 0.3 is 6.72 Å². The highest BCUT2D eigenvalue weighted by atomic mass is 35.5. The van der Waals surface area contributed by atoms with Gasteiger partial charge in [0.2, 0.25) is 5.88 Å². The molecule has 5 nitrogen and oxygen atoms in total. The molecule has 0 aliphatic carbocycles. The largest absolute Gasteiger partial charge is 0.404 e. The van der Waals surface area contributed by atoms with Gasteiger partial charge in [-0.05, 0) is 19.4 Å². The van der Waals surface area contributed by atoms with Gasteiger partial charge < -0.3 is 13.6 Å². The molecule has 8 heteroatoms. The Kier molecular flexibility index (Phi) is 5.09. The second-order valence-corrected chi connectivity index (χ2v) is 6.86. The molecule has 0 atom stereocenters. The molecule has 0 fully saturated rings. The maximum Gasteiger partial charge on any atom is 0.381 e. The molecule has 1 aromatic rings. The molecule has 0 aromatic carbocycles. The molecule has 18 heavy (non-hydrogen) atoms. The molecule has 0 N–H and O–H groups in total. The maximum absolute atomic E-state index is 9.12. The molecule has 0 radical (unpaired) electrons. The molecule has 98 valence electrons. The summed E-state index contributed by atoms with van der Waals surface area (Å²) in [6.45, 7) is 0.507. The van der Waals surface area contributed by atoms with Crippen LogP contribution >= 0.6 is 18.3 Å². The molecule has 0 aliphatic rings. The van der Waals surface area contributed by atoms with Crippen LogP contribution in [0.5, 0.6) is 5.88 Å². The summed E-state index contributed by atoms with van der Waals surface area (Å²) in [6, 6.07) is 1.99. The van der Waals surface area contributed by atoms with Crippen LogP contribution in [0.3, 0.4) is 0 Å². The topological polar surface area (TPSA) is 64.4 Å². The van der Waals surface area contributed by atoms with Crippen LogP contribution in [0.2, 0.25) is 5.02 Å². The fourth-order valence-electron chi connectivity index (χ4n) is 1.25. The van der Waals surface area contributed by atoms with Gasteiger partial charge in [0.05, 0.1) is 10.7 Å². The van der Waals surface area contributed by atoms with Gasteiger partial charge in [-0.1, -0.05) is 11.6 Å². The molecule has 1 rings (SSSR count). The average molecular weight is 307 g/mol. The number of aromatic nitrogens is 1. The number of nitriles is 1. The van der Waals surface area contributed by atoms with Crippen molar-refractivity contribution >= 4 is 30.1 Å². The van der Waals surface area contributed by atoms with Crippen LogP contribution in [-0.4, -0.2) is 19.2 Å². The first-order valence-corrected chi connectivity index (χ1v) is 7.79. The van der Waals surface area contributed by atoms with Gasteiger partial charge in [0.15, 0.2) is 0 Å². The smallest absolute Gasteiger partial charge is 0.381 e. The number of hydrogen-bond donors (Lipinski definition) is 0. The highest BCUT2D eigenvalue weighted by Gasteiger charge is 2.24. The normalized spacial score (nSPS) is 11.1. The van der Waals surface area contributed by atoms with E-state index < -0.39 is 6.72 Å². The molecule has 0 unspecified atom stereocenters. The summed E-state index contributed by atoms with van der Waals surface area (Å²) in [5, 5.41) is 9.56. The third-order valence-electron chi connectivity index (χ3n) is 2.26. The Morgan fingerprint density at radius 1 is 1.33 bits per heavy atom. The maximum atomic E-state index is 9.12. The van der Waals surface area contributed by atoms with E-state index in [1.54, 1.807) is 13.8 Å². The zero-order valence-electron chi connectivity index (χ0n) is 10.4. The third-order valence-corrected chi connectivity index (χ3v) is 5.23. The lowest BCUT2D eigenvalue weighted by atomic mass is 10.1. The summed E-state index contributed by atoms with van der Waals surface area (Å²) in [7, 11) is 2.76. The van der Waals surface area contributed by atoms with Crippen molar-refractivity contribution in [2.75, 3.05) is 14.2 Å². The number of pyridine rings is 1. The van der Waals surface area contributed by atoms with Crippen molar-refractivity contribution in [3.8, 4) is 11.9 Å². The Balaban J connectivity index is 3.35. The minimum atomic E-state index is -2.92. The summed E-state index contributed by atoms with van der Waals surface area (Å²) < 4.78 is 15.4. The first kappa shape index (κ1) is 15.4. The minimum Gasteiger partial charge on any atom is -0.404 e. The van der Waals surface area contributed by atoms with E-state index in [2.05, 4.69) is 4.98 Å². The Labute approximate surface area is 116 Å². The van der Waals surface area contributed by atoms with Crippen molar-refractivity contribution in [3.63, 3.8) is 0 Å². The molecular weight excluding hydrogens is 295 g/mol. The molecule has 0 bridgehead atoms. The summed E-state index contributed by atoms with van der Waals surface area (Å²) >= 11 is 11.1. The number of rotatable bonds is 4. The van der Waals surface area contributed by atoms with Crippen LogP contribution in [0.15, 0.2) is 0 Å². The minimum absolute atomic E-state index is 0.0870. The Bertz CT molecular complexity index is 551. The molecule has 1 aromatic heterocycles. The zero-order valence-corrected chi connectivity index (χ0v) is 12.8. The quantitative estimate of drug-likeness (QED) is 0.796. The number of halogens is 1. The van der Waals surface area contributed by atoms with Crippen LogP contribution in [0.4, 0.5) is 0 Å². The summed E-state index contributed by atoms with van der Waals surface area (Å²) in [6.07, 6.45) is 0. The first-order chi connectivity index (χ1) is 8.38. The van der Waals surface area contributed by atoms with E-state index in [1.807, 2.05) is 6.07 Å². The van der Waals surface area contributed by atoms with Gasteiger partial charge in [-0.3, -0.25) is 0 Å². The zero-order chi connectivity index (χ0) is 13.9. The number of nitrogens with zero attached hydrogens (tertiary/aromatic N) is 2. The van der Waals surface area contributed by atoms with Gasteiger partial charge in [-0.25, -0.2) is 4.98 Å². The van der Waals surface area contributed by atoms with E-state index in [-0.39, 0.29) is 11.4 Å². The van der Waals surface area contributed by atoms with Crippen molar-refractivity contribution in [2.24, 2.45) is 0 Å². The van der Waals surface area contributed by atoms with Crippen LogP contribution in [0.25, 0.3) is 0 Å². The van der Waals surface area contributed by atoms with Crippen LogP contribution in [0, 0.1) is 25.2 Å². The average Bonchev–Trinajstić information content (AvgIpc) is 2.36. The van der Waals surface area contributed by atoms with Crippen LogP contribution < -0.4 is 4.52 Å². The lowest BCUT2D eigenvalue weighted by Gasteiger charge is -2.19. The second-order valence-electron chi connectivity index (χ2n) is 3.33. The van der Waals surface area contributed by atoms with Crippen molar-refractivity contribution in [1.82, 2.24) is 4.98 Å². The molecule has 0 amide bonds. The molecule has 0 saturated carbocycles. The molecular formula is C10H12ClN2O3PS. The lowest BCUT2D eigenvalue weighted by molar-refractivity contribution is 0.270. The van der Waals surface area contributed by atoms with Crippen molar-refractivity contribution < 1.29 is 13.6 Å². The Morgan fingerprint density at radius 3 is 2.33 bits per heavy atom. The van der Waals surface area contributed by atoms with Crippen molar-refractivity contribution in [3.05, 3.63) is 21.8 Å². The fraction of sp³-hybridized carbons (Fsp3) is 0.400.